The van der Waals surface area contributed by atoms with Crippen molar-refractivity contribution >= 4 is 9.84 Å². The smallest absolute Gasteiger partial charge is 0.150 e. The van der Waals surface area contributed by atoms with E-state index in [0.717, 1.165) is 5.56 Å². The van der Waals surface area contributed by atoms with Gasteiger partial charge in [-0.25, -0.2) is 8.42 Å². The Balaban J connectivity index is 2.20. The molecule has 0 bridgehead atoms. The molecule has 94 valence electrons. The van der Waals surface area contributed by atoms with Gasteiger partial charge in [-0.05, 0) is 42.5 Å². The van der Waals surface area contributed by atoms with Crippen LogP contribution in [0.5, 0.6) is 5.75 Å². The maximum Gasteiger partial charge on any atom is 0.150 e. The Labute approximate surface area is 101 Å². The van der Waals surface area contributed by atoms with E-state index in [0.29, 0.717) is 13.0 Å². The van der Waals surface area contributed by atoms with Gasteiger partial charge in [-0.3, -0.25) is 0 Å². The molecule has 2 unspecified atom stereocenters. The van der Waals surface area contributed by atoms with E-state index in [1.165, 1.54) is 0 Å². The molecule has 0 aromatic heterocycles. The Morgan fingerprint density at radius 2 is 2.00 bits per heavy atom. The molecule has 1 aromatic rings. The second-order valence-electron chi connectivity index (χ2n) is 4.60. The Bertz CT molecular complexity index is 481. The lowest BCUT2D eigenvalue weighted by molar-refractivity contribution is 0.465. The molecule has 0 radical (unpaired) electrons. The average Bonchev–Trinajstić information content (AvgIpc) is 2.63. The Hall–Kier alpha value is -1.07. The third kappa shape index (κ3) is 2.79. The van der Waals surface area contributed by atoms with Crippen molar-refractivity contribution in [1.29, 1.82) is 0 Å². The maximum absolute atomic E-state index is 11.5. The van der Waals surface area contributed by atoms with Crippen molar-refractivity contribution in [2.45, 2.75) is 12.3 Å². The van der Waals surface area contributed by atoms with E-state index in [4.69, 9.17) is 5.73 Å². The van der Waals surface area contributed by atoms with Crippen molar-refractivity contribution in [2.75, 3.05) is 18.1 Å². The normalized spacial score (nSPS) is 24.6. The van der Waals surface area contributed by atoms with Crippen LogP contribution in [0.25, 0.3) is 0 Å². The number of hydrogen-bond acceptors (Lipinski definition) is 4. The van der Waals surface area contributed by atoms with E-state index in [2.05, 4.69) is 0 Å². The minimum absolute atomic E-state index is 0.0628. The molecule has 1 fully saturated rings. The van der Waals surface area contributed by atoms with Gasteiger partial charge in [0.1, 0.15) is 5.75 Å². The van der Waals surface area contributed by atoms with Gasteiger partial charge in [-0.2, -0.15) is 0 Å². The van der Waals surface area contributed by atoms with Crippen LogP contribution in [0.3, 0.4) is 0 Å². The molecule has 1 saturated heterocycles. The van der Waals surface area contributed by atoms with Crippen molar-refractivity contribution in [3.05, 3.63) is 29.8 Å². The van der Waals surface area contributed by atoms with Gasteiger partial charge in [0.25, 0.3) is 0 Å². The molecule has 17 heavy (non-hydrogen) atoms. The first-order valence-corrected chi connectivity index (χ1v) is 7.53. The van der Waals surface area contributed by atoms with Gasteiger partial charge in [0.15, 0.2) is 9.84 Å². The van der Waals surface area contributed by atoms with Gasteiger partial charge in [-0.15, -0.1) is 0 Å². The van der Waals surface area contributed by atoms with Crippen LogP contribution in [-0.4, -0.2) is 31.6 Å². The fourth-order valence-corrected chi connectivity index (χ4v) is 4.34. The van der Waals surface area contributed by atoms with Gasteiger partial charge < -0.3 is 10.8 Å². The standard InChI is InChI=1S/C12H17NO3S/c13-7-12(9-1-3-11(14)4-2-9)10-5-6-17(15,16)8-10/h1-4,10,12,14H,5-8,13H2. The van der Waals surface area contributed by atoms with E-state index in [-0.39, 0.29) is 29.1 Å². The third-order valence-electron chi connectivity index (χ3n) is 3.41. The number of phenolic OH excluding ortho intramolecular Hbond substituents is 1. The number of benzene rings is 1. The Kier molecular flexibility index (Phi) is 3.40. The van der Waals surface area contributed by atoms with Crippen LogP contribution in [-0.2, 0) is 9.84 Å². The van der Waals surface area contributed by atoms with Crippen LogP contribution in [0, 0.1) is 5.92 Å². The molecule has 1 aromatic carbocycles. The van der Waals surface area contributed by atoms with E-state index in [1.807, 2.05) is 12.1 Å². The number of sulfone groups is 1. The number of phenols is 1. The highest BCUT2D eigenvalue weighted by atomic mass is 32.2. The molecule has 0 spiro atoms. The molecule has 1 aliphatic rings. The average molecular weight is 255 g/mol. The Morgan fingerprint density at radius 1 is 1.35 bits per heavy atom. The summed E-state index contributed by atoms with van der Waals surface area (Å²) in [6.07, 6.45) is 0.686. The van der Waals surface area contributed by atoms with Crippen LogP contribution < -0.4 is 5.73 Å². The fraction of sp³-hybridized carbons (Fsp3) is 0.500. The summed E-state index contributed by atoms with van der Waals surface area (Å²) in [7, 11) is -2.87. The predicted molar refractivity (Wildman–Crippen MR) is 66.7 cm³/mol. The molecule has 1 aliphatic heterocycles. The molecule has 4 nitrogen and oxygen atoms in total. The summed E-state index contributed by atoms with van der Waals surface area (Å²) in [5, 5.41) is 9.23. The maximum atomic E-state index is 11.5. The van der Waals surface area contributed by atoms with Gasteiger partial charge in [0.05, 0.1) is 11.5 Å². The lowest BCUT2D eigenvalue weighted by atomic mass is 9.86. The minimum Gasteiger partial charge on any atom is -0.508 e. The molecule has 2 atom stereocenters. The molecule has 3 N–H and O–H groups in total. The van der Waals surface area contributed by atoms with Crippen molar-refractivity contribution < 1.29 is 13.5 Å². The van der Waals surface area contributed by atoms with Crippen molar-refractivity contribution in [2.24, 2.45) is 11.7 Å². The lowest BCUT2D eigenvalue weighted by Gasteiger charge is -2.21. The van der Waals surface area contributed by atoms with E-state index >= 15 is 0 Å². The second kappa shape index (κ2) is 4.66. The van der Waals surface area contributed by atoms with E-state index in [1.54, 1.807) is 12.1 Å². The molecule has 5 heteroatoms. The number of nitrogens with two attached hydrogens (primary N) is 1. The van der Waals surface area contributed by atoms with Crippen LogP contribution in [0.15, 0.2) is 24.3 Å². The topological polar surface area (TPSA) is 80.4 Å². The van der Waals surface area contributed by atoms with Crippen molar-refractivity contribution in [3.63, 3.8) is 0 Å². The second-order valence-corrected chi connectivity index (χ2v) is 6.83. The quantitative estimate of drug-likeness (QED) is 0.839. The van der Waals surface area contributed by atoms with E-state index in [9.17, 15) is 13.5 Å². The summed E-state index contributed by atoms with van der Waals surface area (Å²) in [5.74, 6) is 0.883. The van der Waals surface area contributed by atoms with Gasteiger partial charge >= 0.3 is 0 Å². The summed E-state index contributed by atoms with van der Waals surface area (Å²) in [4.78, 5) is 0. The van der Waals surface area contributed by atoms with Gasteiger partial charge in [0.2, 0.25) is 0 Å². The molecule has 2 rings (SSSR count). The Morgan fingerprint density at radius 3 is 2.47 bits per heavy atom. The highest BCUT2D eigenvalue weighted by Crippen LogP contribution is 2.33. The SMILES string of the molecule is NCC(c1ccc(O)cc1)C1CCS(=O)(=O)C1. The number of aromatic hydroxyl groups is 1. The third-order valence-corrected chi connectivity index (χ3v) is 5.21. The number of rotatable bonds is 3. The molecular formula is C12H17NO3S. The van der Waals surface area contributed by atoms with Crippen LogP contribution in [0.4, 0.5) is 0 Å². The minimum atomic E-state index is -2.87. The van der Waals surface area contributed by atoms with Gasteiger partial charge in [0, 0.05) is 0 Å². The van der Waals surface area contributed by atoms with Crippen molar-refractivity contribution in [1.82, 2.24) is 0 Å². The summed E-state index contributed by atoms with van der Waals surface area (Å²) in [6, 6.07) is 6.86. The van der Waals surface area contributed by atoms with E-state index < -0.39 is 9.84 Å². The first kappa shape index (κ1) is 12.4. The summed E-state index contributed by atoms with van der Waals surface area (Å²) < 4.78 is 22.9. The summed E-state index contributed by atoms with van der Waals surface area (Å²) in [6.45, 7) is 0.435. The lowest BCUT2D eigenvalue weighted by Crippen LogP contribution is -2.22. The largest absolute Gasteiger partial charge is 0.508 e. The zero-order valence-corrected chi connectivity index (χ0v) is 10.4. The predicted octanol–water partition coefficient (Wildman–Crippen LogP) is 0.869. The summed E-state index contributed by atoms with van der Waals surface area (Å²) in [5.41, 5.74) is 6.76. The van der Waals surface area contributed by atoms with Gasteiger partial charge in [-0.1, -0.05) is 12.1 Å². The monoisotopic (exact) mass is 255 g/mol. The molecule has 0 saturated carbocycles. The highest BCUT2D eigenvalue weighted by molar-refractivity contribution is 7.91. The van der Waals surface area contributed by atoms with Crippen LogP contribution >= 0.6 is 0 Å². The first-order valence-electron chi connectivity index (χ1n) is 5.71. The highest BCUT2D eigenvalue weighted by Gasteiger charge is 2.33. The molecule has 0 aliphatic carbocycles. The van der Waals surface area contributed by atoms with Crippen LogP contribution in [0.2, 0.25) is 0 Å². The zero-order valence-electron chi connectivity index (χ0n) is 9.54. The molecule has 0 amide bonds. The molecule has 1 heterocycles. The van der Waals surface area contributed by atoms with Crippen LogP contribution in [0.1, 0.15) is 17.9 Å². The fourth-order valence-electron chi connectivity index (χ4n) is 2.46. The zero-order chi connectivity index (χ0) is 12.5. The van der Waals surface area contributed by atoms with Crippen molar-refractivity contribution in [3.8, 4) is 5.75 Å². The molecular weight excluding hydrogens is 238 g/mol. The summed E-state index contributed by atoms with van der Waals surface area (Å²) >= 11 is 0. The first-order chi connectivity index (χ1) is 8.02. The number of hydrogen-bond donors (Lipinski definition) is 2.